The Morgan fingerprint density at radius 3 is 2.31 bits per heavy atom. The number of allylic oxidation sites excluding steroid dienone is 1. The van der Waals surface area contributed by atoms with Crippen LogP contribution in [0.2, 0.25) is 18.1 Å². The van der Waals surface area contributed by atoms with Crippen molar-refractivity contribution in [1.82, 2.24) is 0 Å². The van der Waals surface area contributed by atoms with E-state index in [1.54, 1.807) is 6.08 Å². The van der Waals surface area contributed by atoms with Gasteiger partial charge < -0.3 is 4.43 Å². The van der Waals surface area contributed by atoms with Crippen molar-refractivity contribution in [1.29, 1.82) is 0 Å². The highest BCUT2D eigenvalue weighted by atomic mass is 28.4. The molecule has 0 aromatic rings. The van der Waals surface area contributed by atoms with Crippen LogP contribution in [0.5, 0.6) is 0 Å². The lowest BCUT2D eigenvalue weighted by atomic mass is 10.2. The summed E-state index contributed by atoms with van der Waals surface area (Å²) < 4.78 is 5.63. The van der Waals surface area contributed by atoms with Gasteiger partial charge in [0.15, 0.2) is 0 Å². The maximum absolute atomic E-state index is 5.63. The maximum atomic E-state index is 5.63. The molecule has 13 heavy (non-hydrogen) atoms. The molecule has 74 valence electrons. The van der Waals surface area contributed by atoms with Crippen LogP contribution in [-0.2, 0) is 4.43 Å². The van der Waals surface area contributed by atoms with Gasteiger partial charge >= 0.3 is 0 Å². The highest BCUT2D eigenvalue weighted by Gasteiger charge is 2.38. The standard InChI is InChI=1S/C11H20OSi/c1-7-8-9-10-12-13(5,6)11(2,3)4/h7H,1,8H2,2-6H3. The Hall–Kier alpha value is -0.683. The molecule has 0 atom stereocenters. The molecule has 0 amide bonds. The molecular weight excluding hydrogens is 176 g/mol. The lowest BCUT2D eigenvalue weighted by Crippen LogP contribution is -2.39. The number of hydrogen-bond donors (Lipinski definition) is 0. The molecule has 0 saturated heterocycles. The molecule has 0 aliphatic carbocycles. The normalized spacial score (nSPS) is 11.5. The zero-order valence-electron chi connectivity index (χ0n) is 9.40. The van der Waals surface area contributed by atoms with E-state index in [0.29, 0.717) is 6.42 Å². The molecular formula is C11H20OSi. The highest BCUT2D eigenvalue weighted by Crippen LogP contribution is 2.36. The van der Waals surface area contributed by atoms with E-state index in [1.807, 2.05) is 0 Å². The summed E-state index contributed by atoms with van der Waals surface area (Å²) in [6.07, 6.45) is 5.26. The van der Waals surface area contributed by atoms with Gasteiger partial charge in [-0.15, -0.1) is 6.58 Å². The summed E-state index contributed by atoms with van der Waals surface area (Å²) in [5.74, 6) is 2.91. The molecule has 0 rings (SSSR count). The van der Waals surface area contributed by atoms with E-state index in [-0.39, 0.29) is 5.04 Å². The molecule has 0 N–H and O–H groups in total. The lowest BCUT2D eigenvalue weighted by Gasteiger charge is -2.33. The van der Waals surface area contributed by atoms with E-state index in [4.69, 9.17) is 4.43 Å². The fourth-order valence-corrected chi connectivity index (χ4v) is 1.06. The Balaban J connectivity index is 4.21. The Labute approximate surface area is 83.3 Å². The Morgan fingerprint density at radius 2 is 1.92 bits per heavy atom. The summed E-state index contributed by atoms with van der Waals surface area (Å²) in [4.78, 5) is 0. The third kappa shape index (κ3) is 4.19. The van der Waals surface area contributed by atoms with Gasteiger partial charge in [0.1, 0.15) is 0 Å². The Morgan fingerprint density at radius 1 is 1.38 bits per heavy atom. The van der Waals surface area contributed by atoms with E-state index in [1.165, 1.54) is 0 Å². The van der Waals surface area contributed by atoms with Crippen LogP contribution in [0.3, 0.4) is 0 Å². The number of rotatable bonds is 2. The van der Waals surface area contributed by atoms with Crippen molar-refractivity contribution >= 4 is 8.32 Å². The summed E-state index contributed by atoms with van der Waals surface area (Å²) in [6, 6.07) is 0. The minimum Gasteiger partial charge on any atom is -0.500 e. The van der Waals surface area contributed by atoms with Gasteiger partial charge in [0.2, 0.25) is 0 Å². The first-order valence-corrected chi connectivity index (χ1v) is 7.49. The van der Waals surface area contributed by atoms with Gasteiger partial charge in [-0.05, 0) is 18.1 Å². The van der Waals surface area contributed by atoms with E-state index < -0.39 is 8.32 Å². The van der Waals surface area contributed by atoms with Crippen LogP contribution in [0.25, 0.3) is 0 Å². The molecule has 0 aliphatic rings. The van der Waals surface area contributed by atoms with Gasteiger partial charge in [0.05, 0.1) is 6.11 Å². The Kier molecular flexibility index (Phi) is 4.29. The number of hydrogen-bond acceptors (Lipinski definition) is 1. The molecule has 0 saturated carbocycles. The predicted molar refractivity (Wildman–Crippen MR) is 60.9 cm³/mol. The monoisotopic (exact) mass is 196 g/mol. The van der Waals surface area contributed by atoms with Crippen LogP contribution >= 0.6 is 0 Å². The maximum Gasteiger partial charge on any atom is 0.264 e. The zero-order valence-corrected chi connectivity index (χ0v) is 10.4. The highest BCUT2D eigenvalue weighted by molar-refractivity contribution is 6.74. The summed E-state index contributed by atoms with van der Waals surface area (Å²) in [5, 5.41) is 0.232. The van der Waals surface area contributed by atoms with Gasteiger partial charge in [-0.1, -0.05) is 32.8 Å². The largest absolute Gasteiger partial charge is 0.500 e. The molecule has 0 aliphatic heterocycles. The molecule has 0 aromatic heterocycles. The van der Waals surface area contributed by atoms with Crippen LogP contribution in [0.4, 0.5) is 0 Å². The lowest BCUT2D eigenvalue weighted by molar-refractivity contribution is 0.460. The molecule has 1 nitrogen and oxygen atoms in total. The van der Waals surface area contributed by atoms with Crippen LogP contribution < -0.4 is 0 Å². The van der Waals surface area contributed by atoms with Crippen molar-refractivity contribution in [2.45, 2.75) is 45.3 Å². The average molecular weight is 196 g/mol. The summed E-state index contributed by atoms with van der Waals surface area (Å²) >= 11 is 0. The molecule has 0 fully saturated rings. The first-order chi connectivity index (χ1) is 5.81. The SMILES string of the molecule is C=CCC#CO[Si](C)(C)C(C)(C)C. The van der Waals surface area contributed by atoms with E-state index in [0.717, 1.165) is 0 Å². The van der Waals surface area contributed by atoms with Crippen molar-refractivity contribution in [2.24, 2.45) is 0 Å². The van der Waals surface area contributed by atoms with E-state index >= 15 is 0 Å². The minimum atomic E-state index is -1.66. The molecule has 2 heteroatoms. The molecule has 0 unspecified atom stereocenters. The van der Waals surface area contributed by atoms with E-state index in [2.05, 4.69) is 52.5 Å². The van der Waals surface area contributed by atoms with Crippen LogP contribution in [0, 0.1) is 12.0 Å². The van der Waals surface area contributed by atoms with Gasteiger partial charge in [-0.2, -0.15) is 0 Å². The van der Waals surface area contributed by atoms with Crippen LogP contribution in [0.1, 0.15) is 27.2 Å². The second-order valence-electron chi connectivity index (χ2n) is 4.63. The fourth-order valence-electron chi connectivity index (χ4n) is 0.431. The van der Waals surface area contributed by atoms with Crippen molar-refractivity contribution in [3.63, 3.8) is 0 Å². The first kappa shape index (κ1) is 12.3. The molecule has 0 radical (unpaired) electrons. The second kappa shape index (κ2) is 4.52. The third-order valence-electron chi connectivity index (χ3n) is 2.43. The zero-order chi connectivity index (χ0) is 10.5. The first-order valence-electron chi connectivity index (χ1n) is 4.58. The van der Waals surface area contributed by atoms with Gasteiger partial charge in [0.25, 0.3) is 8.32 Å². The summed E-state index contributed by atoms with van der Waals surface area (Å²) in [6.45, 7) is 14.6. The minimum absolute atomic E-state index is 0.232. The van der Waals surface area contributed by atoms with Crippen molar-refractivity contribution in [3.05, 3.63) is 12.7 Å². The smallest absolute Gasteiger partial charge is 0.264 e. The quantitative estimate of drug-likeness (QED) is 0.373. The Bertz CT molecular complexity index is 225. The molecule has 0 aromatic carbocycles. The second-order valence-corrected chi connectivity index (χ2v) is 9.36. The van der Waals surface area contributed by atoms with Crippen LogP contribution in [-0.4, -0.2) is 8.32 Å². The van der Waals surface area contributed by atoms with E-state index in [9.17, 15) is 0 Å². The van der Waals surface area contributed by atoms with Gasteiger partial charge in [-0.25, -0.2) is 0 Å². The van der Waals surface area contributed by atoms with Crippen molar-refractivity contribution in [3.8, 4) is 12.0 Å². The van der Waals surface area contributed by atoms with Crippen LogP contribution in [0.15, 0.2) is 12.7 Å². The summed E-state index contributed by atoms with van der Waals surface area (Å²) in [7, 11) is -1.66. The summed E-state index contributed by atoms with van der Waals surface area (Å²) in [5.41, 5.74) is 0. The topological polar surface area (TPSA) is 9.23 Å². The van der Waals surface area contributed by atoms with Gasteiger partial charge in [-0.3, -0.25) is 0 Å². The van der Waals surface area contributed by atoms with Crippen molar-refractivity contribution < 1.29 is 4.43 Å². The predicted octanol–water partition coefficient (Wildman–Crippen LogP) is 3.55. The molecule has 0 heterocycles. The van der Waals surface area contributed by atoms with Crippen molar-refractivity contribution in [2.75, 3.05) is 0 Å². The average Bonchev–Trinajstić information content (AvgIpc) is 1.96. The molecule has 0 bridgehead atoms. The molecule has 0 spiro atoms. The third-order valence-corrected chi connectivity index (χ3v) is 6.66. The van der Waals surface area contributed by atoms with Gasteiger partial charge in [0, 0.05) is 6.42 Å². The fraction of sp³-hybridized carbons (Fsp3) is 0.636.